The van der Waals surface area contributed by atoms with Crippen molar-refractivity contribution in [3.05, 3.63) is 41.0 Å². The molecule has 26 heavy (non-hydrogen) atoms. The van der Waals surface area contributed by atoms with Crippen LogP contribution >= 0.6 is 0 Å². The van der Waals surface area contributed by atoms with E-state index in [-0.39, 0.29) is 0 Å². The molecule has 2 N–H and O–H groups in total. The monoisotopic (exact) mass is 356 g/mol. The summed E-state index contributed by atoms with van der Waals surface area (Å²) in [4.78, 5) is 8.80. The Kier molecular flexibility index (Phi) is 5.75. The molecule has 0 aliphatic carbocycles. The number of aromatic nitrogens is 3. The van der Waals surface area contributed by atoms with Crippen molar-refractivity contribution in [3.8, 4) is 5.75 Å². The molecule has 0 amide bonds. The molecule has 1 aromatic carbocycles. The fraction of sp³-hybridized carbons (Fsp3) is 0.526. The van der Waals surface area contributed by atoms with Gasteiger partial charge in [-0.1, -0.05) is 12.1 Å². The fourth-order valence-corrected chi connectivity index (χ4v) is 3.28. The minimum atomic E-state index is 0.314. The van der Waals surface area contributed by atoms with E-state index in [0.717, 1.165) is 61.3 Å². The lowest BCUT2D eigenvalue weighted by Gasteiger charge is -2.25. The van der Waals surface area contributed by atoms with Gasteiger partial charge in [0, 0.05) is 26.1 Å². The number of nitrogens with zero attached hydrogens (tertiary/aromatic N) is 4. The first-order valence-corrected chi connectivity index (χ1v) is 9.10. The van der Waals surface area contributed by atoms with Crippen molar-refractivity contribution >= 4 is 5.96 Å². The van der Waals surface area contributed by atoms with E-state index in [4.69, 9.17) is 4.74 Å². The maximum absolute atomic E-state index is 5.40. The van der Waals surface area contributed by atoms with Crippen molar-refractivity contribution in [3.63, 3.8) is 0 Å². The Morgan fingerprint density at radius 2 is 2.23 bits per heavy atom. The summed E-state index contributed by atoms with van der Waals surface area (Å²) in [6.07, 6.45) is 2.89. The minimum Gasteiger partial charge on any atom is -0.496 e. The zero-order chi connectivity index (χ0) is 18.5. The quantitative estimate of drug-likeness (QED) is 0.629. The van der Waals surface area contributed by atoms with Crippen molar-refractivity contribution in [2.24, 2.45) is 4.99 Å². The molecule has 0 spiro atoms. The van der Waals surface area contributed by atoms with Crippen molar-refractivity contribution in [2.75, 3.05) is 20.7 Å². The summed E-state index contributed by atoms with van der Waals surface area (Å²) in [5.74, 6) is 3.69. The second-order valence-corrected chi connectivity index (χ2v) is 6.69. The van der Waals surface area contributed by atoms with E-state index in [2.05, 4.69) is 50.8 Å². The average Bonchev–Trinajstić information content (AvgIpc) is 3.01. The van der Waals surface area contributed by atoms with Crippen LogP contribution < -0.4 is 15.4 Å². The van der Waals surface area contributed by atoms with Gasteiger partial charge in [0.05, 0.1) is 13.7 Å². The van der Waals surface area contributed by atoms with Gasteiger partial charge in [-0.2, -0.15) is 5.10 Å². The maximum atomic E-state index is 5.40. The molecule has 0 fully saturated rings. The zero-order valence-corrected chi connectivity index (χ0v) is 16.0. The van der Waals surface area contributed by atoms with Gasteiger partial charge in [-0.05, 0) is 43.9 Å². The number of aliphatic imine (C=N–C) groups is 1. The number of methoxy groups -OCH3 is 1. The third-order valence-electron chi connectivity index (χ3n) is 4.71. The van der Waals surface area contributed by atoms with Gasteiger partial charge < -0.3 is 15.4 Å². The molecule has 7 heteroatoms. The lowest BCUT2D eigenvalue weighted by Crippen LogP contribution is -2.47. The molecular weight excluding hydrogens is 328 g/mol. The van der Waals surface area contributed by atoms with Gasteiger partial charge in [0.25, 0.3) is 0 Å². The Hall–Kier alpha value is -2.57. The Bertz CT molecular complexity index is 782. The van der Waals surface area contributed by atoms with Gasteiger partial charge in [-0.25, -0.2) is 9.67 Å². The van der Waals surface area contributed by atoms with E-state index in [1.54, 1.807) is 14.2 Å². The first-order valence-electron chi connectivity index (χ1n) is 9.10. The zero-order valence-electron chi connectivity index (χ0n) is 16.0. The van der Waals surface area contributed by atoms with Gasteiger partial charge in [-0.15, -0.1) is 0 Å². The van der Waals surface area contributed by atoms with E-state index in [0.29, 0.717) is 6.04 Å². The van der Waals surface area contributed by atoms with Crippen LogP contribution in [0, 0.1) is 13.8 Å². The molecule has 2 aromatic rings. The Labute approximate surface area is 154 Å². The summed E-state index contributed by atoms with van der Waals surface area (Å²) in [6, 6.07) is 6.66. The number of nitrogens with one attached hydrogen (secondary N) is 2. The smallest absolute Gasteiger partial charge is 0.191 e. The number of rotatable bonds is 5. The van der Waals surface area contributed by atoms with Gasteiger partial charge in [0.1, 0.15) is 17.4 Å². The summed E-state index contributed by atoms with van der Waals surface area (Å²) in [5.41, 5.74) is 2.40. The molecule has 2 heterocycles. The fourth-order valence-electron chi connectivity index (χ4n) is 3.28. The third kappa shape index (κ3) is 4.33. The lowest BCUT2D eigenvalue weighted by atomic mass is 10.1. The second kappa shape index (κ2) is 8.21. The van der Waals surface area contributed by atoms with Crippen LogP contribution in [0.2, 0.25) is 0 Å². The summed E-state index contributed by atoms with van der Waals surface area (Å²) < 4.78 is 7.40. The predicted octanol–water partition coefficient (Wildman–Crippen LogP) is 1.63. The highest BCUT2D eigenvalue weighted by molar-refractivity contribution is 5.79. The van der Waals surface area contributed by atoms with Crippen molar-refractivity contribution in [1.82, 2.24) is 25.4 Å². The number of aryl methyl sites for hydroxylation is 3. The second-order valence-electron chi connectivity index (χ2n) is 6.69. The van der Waals surface area contributed by atoms with Crippen LogP contribution in [0.15, 0.2) is 23.2 Å². The van der Waals surface area contributed by atoms with Gasteiger partial charge in [0.15, 0.2) is 5.96 Å². The molecule has 1 unspecified atom stereocenters. The molecular formula is C19H28N6O. The molecule has 0 saturated carbocycles. The molecule has 0 bridgehead atoms. The SMILES string of the molecule is CN=C(NCCc1ccc(C)c(OC)c1)NC1CCc2nc(C)nn2C1. The van der Waals surface area contributed by atoms with E-state index in [9.17, 15) is 0 Å². The van der Waals surface area contributed by atoms with Crippen LogP contribution in [0.4, 0.5) is 0 Å². The number of benzene rings is 1. The highest BCUT2D eigenvalue weighted by Crippen LogP contribution is 2.19. The summed E-state index contributed by atoms with van der Waals surface area (Å²) in [5, 5.41) is 11.4. The van der Waals surface area contributed by atoms with E-state index in [1.807, 2.05) is 11.6 Å². The van der Waals surface area contributed by atoms with Crippen LogP contribution in [0.5, 0.6) is 5.75 Å². The molecule has 1 atom stereocenters. The van der Waals surface area contributed by atoms with Crippen molar-refractivity contribution in [1.29, 1.82) is 0 Å². The number of hydrogen-bond donors (Lipinski definition) is 2. The van der Waals surface area contributed by atoms with Crippen LogP contribution in [-0.2, 0) is 19.4 Å². The van der Waals surface area contributed by atoms with E-state index in [1.165, 1.54) is 5.56 Å². The first-order chi connectivity index (χ1) is 12.6. The Balaban J connectivity index is 1.49. The molecule has 0 saturated heterocycles. The molecule has 0 radical (unpaired) electrons. The molecule has 1 aliphatic rings. The predicted molar refractivity (Wildman–Crippen MR) is 103 cm³/mol. The highest BCUT2D eigenvalue weighted by atomic mass is 16.5. The highest BCUT2D eigenvalue weighted by Gasteiger charge is 2.21. The molecule has 3 rings (SSSR count). The topological polar surface area (TPSA) is 76.4 Å². The van der Waals surface area contributed by atoms with Crippen LogP contribution in [0.3, 0.4) is 0 Å². The van der Waals surface area contributed by atoms with Gasteiger partial charge in [0.2, 0.25) is 0 Å². The third-order valence-corrected chi connectivity index (χ3v) is 4.71. The largest absolute Gasteiger partial charge is 0.496 e. The molecule has 140 valence electrons. The summed E-state index contributed by atoms with van der Waals surface area (Å²) >= 11 is 0. The molecule has 7 nitrogen and oxygen atoms in total. The number of hydrogen-bond acceptors (Lipinski definition) is 4. The van der Waals surface area contributed by atoms with E-state index >= 15 is 0 Å². The average molecular weight is 356 g/mol. The molecule has 1 aromatic heterocycles. The molecule has 1 aliphatic heterocycles. The normalized spacial score (nSPS) is 16.9. The van der Waals surface area contributed by atoms with Gasteiger partial charge >= 0.3 is 0 Å². The van der Waals surface area contributed by atoms with E-state index < -0.39 is 0 Å². The number of ether oxygens (including phenoxy) is 1. The maximum Gasteiger partial charge on any atom is 0.191 e. The Morgan fingerprint density at radius 1 is 1.38 bits per heavy atom. The minimum absolute atomic E-state index is 0.314. The summed E-state index contributed by atoms with van der Waals surface area (Å²) in [7, 11) is 3.51. The first kappa shape index (κ1) is 18.2. The van der Waals surface area contributed by atoms with Crippen molar-refractivity contribution in [2.45, 2.75) is 45.7 Å². The summed E-state index contributed by atoms with van der Waals surface area (Å²) in [6.45, 7) is 5.63. The van der Waals surface area contributed by atoms with Crippen LogP contribution in [-0.4, -0.2) is 47.5 Å². The lowest BCUT2D eigenvalue weighted by molar-refractivity contribution is 0.392. The standard InChI is InChI=1S/C19H28N6O/c1-13-5-6-15(11-17(13)26-4)9-10-21-19(20-3)23-16-7-8-18-22-14(2)24-25(18)12-16/h5-6,11,16H,7-10,12H2,1-4H3,(H2,20,21,23). The Morgan fingerprint density at radius 3 is 3.00 bits per heavy atom. The number of guanidine groups is 1. The van der Waals surface area contributed by atoms with Gasteiger partial charge in [-0.3, -0.25) is 4.99 Å². The van der Waals surface area contributed by atoms with Crippen LogP contribution in [0.25, 0.3) is 0 Å². The van der Waals surface area contributed by atoms with Crippen LogP contribution in [0.1, 0.15) is 29.2 Å². The van der Waals surface area contributed by atoms with Crippen molar-refractivity contribution < 1.29 is 4.74 Å². The number of fused-ring (bicyclic) bond motifs is 1.